The number of rotatable bonds is 11. The second-order valence-electron chi connectivity index (χ2n) is 10.0. The van der Waals surface area contributed by atoms with Crippen molar-refractivity contribution in [2.24, 2.45) is 20.0 Å². The lowest BCUT2D eigenvalue weighted by atomic mass is 9.97. The van der Waals surface area contributed by atoms with E-state index in [2.05, 4.69) is 34.8 Å². The van der Waals surface area contributed by atoms with Crippen molar-refractivity contribution in [3.05, 3.63) is 67.2 Å². The fourth-order valence-corrected chi connectivity index (χ4v) is 6.25. The Bertz CT molecular complexity index is 1570. The maximum absolute atomic E-state index is 13.8. The maximum Gasteiger partial charge on any atom is 0.262 e. The van der Waals surface area contributed by atoms with E-state index in [1.54, 1.807) is 42.6 Å². The molecule has 0 radical (unpaired) electrons. The highest BCUT2D eigenvalue weighted by Gasteiger charge is 2.31. The third kappa shape index (κ3) is 6.67. The Labute approximate surface area is 239 Å². The lowest BCUT2D eigenvalue weighted by Gasteiger charge is -2.35. The van der Waals surface area contributed by atoms with Crippen LogP contribution < -0.4 is 9.80 Å². The summed E-state index contributed by atoms with van der Waals surface area (Å²) < 4.78 is 32.7. The fraction of sp³-hybridized carbons (Fsp3) is 0.423. The van der Waals surface area contributed by atoms with E-state index in [0.717, 1.165) is 31.6 Å². The molecule has 1 aliphatic rings. The predicted octanol–water partition coefficient (Wildman–Crippen LogP) is 1.22. The van der Waals surface area contributed by atoms with Gasteiger partial charge in [0.2, 0.25) is 11.9 Å². The van der Waals surface area contributed by atoms with Gasteiger partial charge in [0.15, 0.2) is 5.03 Å². The van der Waals surface area contributed by atoms with Crippen LogP contribution in [0.25, 0.3) is 0 Å². The Kier molecular flexibility index (Phi) is 8.50. The lowest BCUT2D eigenvalue weighted by molar-refractivity contribution is 0.301. The molecule has 4 aromatic heterocycles. The molecule has 15 heteroatoms. The van der Waals surface area contributed by atoms with Crippen molar-refractivity contribution >= 4 is 21.9 Å². The molecule has 1 fully saturated rings. The smallest absolute Gasteiger partial charge is 0.262 e. The van der Waals surface area contributed by atoms with Crippen LogP contribution in [0.2, 0.25) is 0 Å². The summed E-state index contributed by atoms with van der Waals surface area (Å²) in [5.74, 6) is 1.25. The number of imidazole rings is 2. The van der Waals surface area contributed by atoms with Gasteiger partial charge in [-0.1, -0.05) is 0 Å². The van der Waals surface area contributed by atoms with Crippen LogP contribution in [0.5, 0.6) is 0 Å². The minimum Gasteiger partial charge on any atom is -0.341 e. The standard InChI is InChI=1S/C26H32N12O2S/c1-34-18-24(33-20-34)41(39,40)38(16-21-4-8-36(9-5-21)25-29-6-3-7-30-25)11-10-37(17-23-15-28-19-35(23)2)26-31-13-22(12-27)14-32-26/h3,6-7,13-15,18-21H,4-5,8-11,16-17H2,1-2H3. The highest BCUT2D eigenvalue weighted by Crippen LogP contribution is 2.24. The first-order valence-corrected chi connectivity index (χ1v) is 14.7. The maximum atomic E-state index is 13.8. The molecule has 0 amide bonds. The number of hydrogen-bond donors (Lipinski definition) is 0. The average molecular weight is 577 g/mol. The van der Waals surface area contributed by atoms with E-state index in [4.69, 9.17) is 0 Å². The highest BCUT2D eigenvalue weighted by molar-refractivity contribution is 7.89. The number of nitrogens with zero attached hydrogens (tertiary/aromatic N) is 12. The third-order valence-electron chi connectivity index (χ3n) is 7.14. The zero-order valence-electron chi connectivity index (χ0n) is 23.0. The van der Waals surface area contributed by atoms with Gasteiger partial charge in [-0.25, -0.2) is 38.3 Å². The molecule has 0 unspecified atom stereocenters. The van der Waals surface area contributed by atoms with Crippen molar-refractivity contribution in [1.82, 2.24) is 43.3 Å². The van der Waals surface area contributed by atoms with Crippen LogP contribution in [0, 0.1) is 17.2 Å². The Morgan fingerprint density at radius 1 is 1.00 bits per heavy atom. The zero-order chi connectivity index (χ0) is 28.8. The van der Waals surface area contributed by atoms with E-state index < -0.39 is 10.0 Å². The molecule has 0 saturated carbocycles. The van der Waals surface area contributed by atoms with Gasteiger partial charge in [-0.3, -0.25) is 0 Å². The van der Waals surface area contributed by atoms with Crippen molar-refractivity contribution in [3.63, 3.8) is 0 Å². The summed E-state index contributed by atoms with van der Waals surface area (Å²) in [7, 11) is -0.230. The molecule has 41 heavy (non-hydrogen) atoms. The van der Waals surface area contributed by atoms with Gasteiger partial charge in [-0.05, 0) is 24.8 Å². The van der Waals surface area contributed by atoms with Crippen LogP contribution in [0.4, 0.5) is 11.9 Å². The number of piperidine rings is 1. The first-order chi connectivity index (χ1) is 19.8. The Hall–Kier alpha value is -4.42. The van der Waals surface area contributed by atoms with E-state index in [1.807, 2.05) is 22.6 Å². The van der Waals surface area contributed by atoms with Crippen LogP contribution >= 0.6 is 0 Å². The van der Waals surface area contributed by atoms with Gasteiger partial charge in [0, 0.05) is 71.6 Å². The number of aryl methyl sites for hydroxylation is 2. The van der Waals surface area contributed by atoms with Crippen molar-refractivity contribution in [2.45, 2.75) is 24.4 Å². The molecule has 1 saturated heterocycles. The third-order valence-corrected chi connectivity index (χ3v) is 8.89. The van der Waals surface area contributed by atoms with Gasteiger partial charge in [-0.15, -0.1) is 0 Å². The topological polar surface area (TPSA) is 155 Å². The minimum absolute atomic E-state index is 0.0166. The SMILES string of the molecule is Cn1cnc(S(=O)(=O)N(CCN(Cc2cncn2C)c2ncc(C#N)cn2)CC2CCN(c3ncccn3)CC2)c1. The van der Waals surface area contributed by atoms with Crippen LogP contribution in [-0.2, 0) is 30.7 Å². The molecule has 1 aliphatic heterocycles. The molecule has 0 aromatic carbocycles. The van der Waals surface area contributed by atoms with Gasteiger partial charge >= 0.3 is 0 Å². The van der Waals surface area contributed by atoms with Gasteiger partial charge in [0.25, 0.3) is 10.0 Å². The lowest BCUT2D eigenvalue weighted by Crippen LogP contribution is -2.44. The number of sulfonamides is 1. The van der Waals surface area contributed by atoms with Gasteiger partial charge in [0.05, 0.1) is 42.9 Å². The monoisotopic (exact) mass is 576 g/mol. The largest absolute Gasteiger partial charge is 0.341 e. The normalized spacial score (nSPS) is 14.3. The number of anilines is 2. The van der Waals surface area contributed by atoms with E-state index in [-0.39, 0.29) is 17.5 Å². The molecule has 5 rings (SSSR count). The summed E-state index contributed by atoms with van der Waals surface area (Å²) in [5.41, 5.74) is 1.26. The summed E-state index contributed by atoms with van der Waals surface area (Å²) in [6.07, 6.45) is 14.5. The van der Waals surface area contributed by atoms with E-state index in [0.29, 0.717) is 37.1 Å². The Balaban J connectivity index is 1.35. The molecule has 4 aromatic rings. The number of aromatic nitrogens is 8. The average Bonchev–Trinajstić information content (AvgIpc) is 3.63. The number of hydrogen-bond acceptors (Lipinski definition) is 11. The molecule has 0 N–H and O–H groups in total. The summed E-state index contributed by atoms with van der Waals surface area (Å²) in [6, 6.07) is 3.82. The van der Waals surface area contributed by atoms with Crippen LogP contribution in [-0.4, -0.2) is 84.5 Å². The summed E-state index contributed by atoms with van der Waals surface area (Å²) in [6.45, 7) is 2.78. The summed E-state index contributed by atoms with van der Waals surface area (Å²) in [5, 5.41) is 9.19. The zero-order valence-corrected chi connectivity index (χ0v) is 23.8. The predicted molar refractivity (Wildman–Crippen MR) is 150 cm³/mol. The van der Waals surface area contributed by atoms with Crippen molar-refractivity contribution < 1.29 is 8.42 Å². The quantitative estimate of drug-likeness (QED) is 0.253. The van der Waals surface area contributed by atoms with Crippen molar-refractivity contribution in [3.8, 4) is 6.07 Å². The fourth-order valence-electron chi connectivity index (χ4n) is 4.78. The summed E-state index contributed by atoms with van der Waals surface area (Å²) in [4.78, 5) is 29.8. The molecule has 0 spiro atoms. The molecular formula is C26H32N12O2S. The molecule has 14 nitrogen and oxygen atoms in total. The molecule has 0 bridgehead atoms. The summed E-state index contributed by atoms with van der Waals surface area (Å²) >= 11 is 0. The van der Waals surface area contributed by atoms with E-state index >= 15 is 0 Å². The van der Waals surface area contributed by atoms with Gasteiger partial charge < -0.3 is 18.9 Å². The van der Waals surface area contributed by atoms with Crippen molar-refractivity contribution in [2.75, 3.05) is 42.5 Å². The molecule has 214 valence electrons. The molecule has 0 atom stereocenters. The van der Waals surface area contributed by atoms with Crippen LogP contribution in [0.15, 0.2) is 60.9 Å². The first-order valence-electron chi connectivity index (χ1n) is 13.3. The highest BCUT2D eigenvalue weighted by atomic mass is 32.2. The minimum atomic E-state index is -3.87. The Morgan fingerprint density at radius 3 is 2.34 bits per heavy atom. The van der Waals surface area contributed by atoms with E-state index in [9.17, 15) is 13.7 Å². The van der Waals surface area contributed by atoms with Crippen molar-refractivity contribution in [1.29, 1.82) is 5.26 Å². The number of nitriles is 1. The second kappa shape index (κ2) is 12.4. The molecule has 5 heterocycles. The van der Waals surface area contributed by atoms with Crippen LogP contribution in [0.3, 0.4) is 0 Å². The van der Waals surface area contributed by atoms with Gasteiger partial charge in [-0.2, -0.15) is 9.57 Å². The molecular weight excluding hydrogens is 544 g/mol. The van der Waals surface area contributed by atoms with Crippen LogP contribution in [0.1, 0.15) is 24.1 Å². The molecule has 0 aliphatic carbocycles. The van der Waals surface area contributed by atoms with Gasteiger partial charge in [0.1, 0.15) is 6.07 Å². The first kappa shape index (κ1) is 28.1. The second-order valence-corrected chi connectivity index (χ2v) is 11.9. The van der Waals surface area contributed by atoms with E-state index in [1.165, 1.54) is 29.2 Å². The Morgan fingerprint density at radius 2 is 1.73 bits per heavy atom.